The molecule has 0 bridgehead atoms. The van der Waals surface area contributed by atoms with Crippen LogP contribution < -0.4 is 5.14 Å². The summed E-state index contributed by atoms with van der Waals surface area (Å²) in [5.74, 6) is 0. The van der Waals surface area contributed by atoms with Gasteiger partial charge in [0.15, 0.2) is 0 Å². The van der Waals surface area contributed by atoms with E-state index < -0.39 is 10.0 Å². The predicted molar refractivity (Wildman–Crippen MR) is 54.4 cm³/mol. The van der Waals surface area contributed by atoms with Crippen LogP contribution in [0.4, 0.5) is 0 Å². The van der Waals surface area contributed by atoms with Gasteiger partial charge in [-0.2, -0.15) is 0 Å². The molecule has 0 aliphatic carbocycles. The van der Waals surface area contributed by atoms with Crippen molar-refractivity contribution in [1.82, 2.24) is 0 Å². The van der Waals surface area contributed by atoms with Crippen LogP contribution in [0.5, 0.6) is 0 Å². The van der Waals surface area contributed by atoms with Crippen molar-refractivity contribution in [3.8, 4) is 0 Å². The second-order valence-corrected chi connectivity index (χ2v) is 6.41. The zero-order valence-electron chi connectivity index (χ0n) is 7.87. The van der Waals surface area contributed by atoms with E-state index in [4.69, 9.17) is 5.14 Å². The van der Waals surface area contributed by atoms with Crippen molar-refractivity contribution < 1.29 is 8.42 Å². The predicted octanol–water partition coefficient (Wildman–Crippen LogP) is 1.69. The zero-order valence-corrected chi connectivity index (χ0v) is 9.50. The number of hydrogen-bond acceptors (Lipinski definition) is 3. The van der Waals surface area contributed by atoms with Crippen LogP contribution in [0.25, 0.3) is 0 Å². The van der Waals surface area contributed by atoms with E-state index in [-0.39, 0.29) is 10.3 Å². The summed E-state index contributed by atoms with van der Waals surface area (Å²) in [6.45, 7) is 6.10. The third-order valence-corrected chi connectivity index (χ3v) is 4.04. The van der Waals surface area contributed by atoms with Crippen molar-refractivity contribution in [2.24, 2.45) is 5.14 Å². The summed E-state index contributed by atoms with van der Waals surface area (Å²) in [5.41, 5.74) is -0.0202. The molecule has 74 valence electrons. The summed E-state index contributed by atoms with van der Waals surface area (Å²) in [5, 5.41) is 6.57. The minimum absolute atomic E-state index is 0.0202. The first-order chi connectivity index (χ1) is 5.71. The van der Waals surface area contributed by atoms with E-state index >= 15 is 0 Å². The van der Waals surface area contributed by atoms with Gasteiger partial charge in [-0.3, -0.25) is 0 Å². The maximum atomic E-state index is 11.0. The van der Waals surface area contributed by atoms with E-state index in [1.165, 1.54) is 11.3 Å². The van der Waals surface area contributed by atoms with E-state index in [1.54, 1.807) is 11.4 Å². The van der Waals surface area contributed by atoms with Crippen LogP contribution in [0.2, 0.25) is 0 Å². The van der Waals surface area contributed by atoms with Crippen LogP contribution in [0.3, 0.4) is 0 Å². The maximum absolute atomic E-state index is 11.0. The molecule has 1 aromatic rings. The number of hydrogen-bond donors (Lipinski definition) is 1. The Labute approximate surface area is 82.6 Å². The van der Waals surface area contributed by atoms with Crippen LogP contribution in [0.15, 0.2) is 16.3 Å². The molecular formula is C8H13NO2S2. The summed E-state index contributed by atoms with van der Waals surface area (Å²) in [7, 11) is -3.53. The summed E-state index contributed by atoms with van der Waals surface area (Å²) in [6.07, 6.45) is 0. The van der Waals surface area contributed by atoms with Crippen molar-refractivity contribution in [2.75, 3.05) is 0 Å². The molecule has 2 N–H and O–H groups in total. The Hall–Kier alpha value is -0.390. The highest BCUT2D eigenvalue weighted by atomic mass is 32.2. The Morgan fingerprint density at radius 2 is 1.92 bits per heavy atom. The summed E-state index contributed by atoms with van der Waals surface area (Å²) in [6, 6.07) is 1.64. The largest absolute Gasteiger partial charge is 0.238 e. The SMILES string of the molecule is CC(C)(C)c1cc(S(N)(=O)=O)cs1. The molecule has 0 aliphatic rings. The Balaban J connectivity index is 3.16. The lowest BCUT2D eigenvalue weighted by molar-refractivity contribution is 0.594. The van der Waals surface area contributed by atoms with Crippen molar-refractivity contribution in [3.63, 3.8) is 0 Å². The second-order valence-electron chi connectivity index (χ2n) is 3.94. The highest BCUT2D eigenvalue weighted by molar-refractivity contribution is 7.89. The second kappa shape index (κ2) is 3.08. The van der Waals surface area contributed by atoms with Gasteiger partial charge >= 0.3 is 0 Å². The first-order valence-corrected chi connectivity index (χ1v) is 6.25. The fourth-order valence-electron chi connectivity index (χ4n) is 0.861. The molecule has 0 spiro atoms. The van der Waals surface area contributed by atoms with Gasteiger partial charge in [0.1, 0.15) is 0 Å². The molecule has 0 unspecified atom stereocenters. The normalized spacial score (nSPS) is 13.2. The molecule has 0 saturated carbocycles. The number of thiophene rings is 1. The molecule has 1 aromatic heterocycles. The molecule has 3 nitrogen and oxygen atoms in total. The summed E-state index contributed by atoms with van der Waals surface area (Å²) < 4.78 is 21.9. The van der Waals surface area contributed by atoms with Crippen LogP contribution in [-0.4, -0.2) is 8.42 Å². The lowest BCUT2D eigenvalue weighted by atomic mass is 9.95. The highest BCUT2D eigenvalue weighted by Gasteiger charge is 2.19. The average molecular weight is 219 g/mol. The van der Waals surface area contributed by atoms with Crippen molar-refractivity contribution >= 4 is 21.4 Å². The standard InChI is InChI=1S/C8H13NO2S2/c1-8(2,3)7-4-6(5-12-7)13(9,10)11/h4-5H,1-3H3,(H2,9,10,11). The van der Waals surface area contributed by atoms with Crippen LogP contribution in [-0.2, 0) is 15.4 Å². The van der Waals surface area contributed by atoms with Crippen molar-refractivity contribution in [1.29, 1.82) is 0 Å². The lowest BCUT2D eigenvalue weighted by Gasteiger charge is -2.14. The van der Waals surface area contributed by atoms with Crippen molar-refractivity contribution in [3.05, 3.63) is 16.3 Å². The fourth-order valence-corrected chi connectivity index (χ4v) is 2.76. The highest BCUT2D eigenvalue weighted by Crippen LogP contribution is 2.29. The number of rotatable bonds is 1. The van der Waals surface area contributed by atoms with Crippen molar-refractivity contribution in [2.45, 2.75) is 31.1 Å². The molecule has 0 saturated heterocycles. The Kier molecular flexibility index (Phi) is 2.53. The molecule has 1 heterocycles. The van der Waals surface area contributed by atoms with Crippen LogP contribution in [0, 0.1) is 0 Å². The molecule has 0 amide bonds. The van der Waals surface area contributed by atoms with E-state index in [0.29, 0.717) is 0 Å². The van der Waals surface area contributed by atoms with Crippen LogP contribution in [0.1, 0.15) is 25.6 Å². The number of sulfonamides is 1. The van der Waals surface area contributed by atoms with Gasteiger partial charge in [-0.1, -0.05) is 20.8 Å². The van der Waals surface area contributed by atoms with Gasteiger partial charge in [0.25, 0.3) is 0 Å². The quantitative estimate of drug-likeness (QED) is 0.781. The van der Waals surface area contributed by atoms with Gasteiger partial charge in [-0.15, -0.1) is 11.3 Å². The first-order valence-electron chi connectivity index (χ1n) is 3.83. The third-order valence-electron chi connectivity index (χ3n) is 1.64. The average Bonchev–Trinajstić information content (AvgIpc) is 2.28. The molecular weight excluding hydrogens is 206 g/mol. The van der Waals surface area contributed by atoms with Gasteiger partial charge in [0.05, 0.1) is 4.90 Å². The van der Waals surface area contributed by atoms with E-state index in [1.807, 2.05) is 20.8 Å². The molecule has 0 aromatic carbocycles. The van der Waals surface area contributed by atoms with Gasteiger partial charge in [0.2, 0.25) is 10.0 Å². The number of primary sulfonamides is 1. The molecule has 5 heteroatoms. The Morgan fingerprint density at radius 1 is 1.38 bits per heavy atom. The molecule has 1 rings (SSSR count). The topological polar surface area (TPSA) is 60.2 Å². The first kappa shape index (κ1) is 10.7. The Morgan fingerprint density at radius 3 is 2.15 bits per heavy atom. The minimum Gasteiger partial charge on any atom is -0.225 e. The molecule has 0 radical (unpaired) electrons. The van der Waals surface area contributed by atoms with E-state index in [9.17, 15) is 8.42 Å². The maximum Gasteiger partial charge on any atom is 0.238 e. The van der Waals surface area contributed by atoms with Crippen LogP contribution >= 0.6 is 11.3 Å². The molecule has 0 fully saturated rings. The molecule has 13 heavy (non-hydrogen) atoms. The zero-order chi connectivity index (χ0) is 10.3. The molecule has 0 atom stereocenters. The van der Waals surface area contributed by atoms with E-state index in [0.717, 1.165) is 4.88 Å². The van der Waals surface area contributed by atoms with Gasteiger partial charge in [-0.25, -0.2) is 13.6 Å². The van der Waals surface area contributed by atoms with Gasteiger partial charge in [0, 0.05) is 10.3 Å². The summed E-state index contributed by atoms with van der Waals surface area (Å²) >= 11 is 1.42. The number of nitrogens with two attached hydrogens (primary N) is 1. The fraction of sp³-hybridized carbons (Fsp3) is 0.500. The lowest BCUT2D eigenvalue weighted by Crippen LogP contribution is -2.12. The van der Waals surface area contributed by atoms with Gasteiger partial charge in [-0.05, 0) is 11.5 Å². The molecule has 0 aliphatic heterocycles. The monoisotopic (exact) mass is 219 g/mol. The smallest absolute Gasteiger partial charge is 0.225 e. The summed E-state index contributed by atoms with van der Waals surface area (Å²) in [4.78, 5) is 1.24. The van der Waals surface area contributed by atoms with Gasteiger partial charge < -0.3 is 0 Å². The minimum atomic E-state index is -3.53. The Bertz CT molecular complexity index is 398. The van der Waals surface area contributed by atoms with E-state index in [2.05, 4.69) is 0 Å². The third kappa shape index (κ3) is 2.52.